The lowest BCUT2D eigenvalue weighted by Crippen LogP contribution is -2.24. The van der Waals surface area contributed by atoms with E-state index in [-0.39, 0.29) is 5.97 Å². The van der Waals surface area contributed by atoms with Gasteiger partial charge in [-0.05, 0) is 38.3 Å². The number of hydrogen-bond acceptors (Lipinski definition) is 3. The van der Waals surface area contributed by atoms with Crippen LogP contribution in [0.4, 0.5) is 0 Å². The number of carbonyl (C=O) groups excluding carboxylic acids is 1. The summed E-state index contributed by atoms with van der Waals surface area (Å²) in [5, 5.41) is 2.00. The van der Waals surface area contributed by atoms with E-state index < -0.39 is 5.60 Å². The quantitative estimate of drug-likeness (QED) is 0.749. The molecule has 0 bridgehead atoms. The van der Waals surface area contributed by atoms with Gasteiger partial charge in [0.05, 0.1) is 5.56 Å². The monoisotopic (exact) mass is 260 g/mol. The fourth-order valence-corrected chi connectivity index (χ4v) is 2.41. The van der Waals surface area contributed by atoms with Crippen molar-refractivity contribution in [2.24, 2.45) is 0 Å². The Morgan fingerprint density at radius 1 is 1.11 bits per heavy atom. The van der Waals surface area contributed by atoms with Gasteiger partial charge in [-0.3, -0.25) is 0 Å². The molecule has 0 fully saturated rings. The maximum absolute atomic E-state index is 12.2. The summed E-state index contributed by atoms with van der Waals surface area (Å²) in [6.07, 6.45) is 0. The normalized spacial score (nSPS) is 11.3. The summed E-state index contributed by atoms with van der Waals surface area (Å²) in [6, 6.07) is 11.5. The van der Waals surface area contributed by atoms with Crippen LogP contribution in [0.2, 0.25) is 0 Å². The second-order valence-corrected chi connectivity index (χ2v) is 5.97. The Labute approximate surface area is 111 Å². The van der Waals surface area contributed by atoms with Crippen LogP contribution >= 0.6 is 11.3 Å². The molecule has 0 aliphatic rings. The molecule has 0 aliphatic carbocycles. The summed E-state index contributed by atoms with van der Waals surface area (Å²) in [7, 11) is 0. The van der Waals surface area contributed by atoms with Gasteiger partial charge >= 0.3 is 5.97 Å². The van der Waals surface area contributed by atoms with E-state index in [0.717, 1.165) is 10.4 Å². The van der Waals surface area contributed by atoms with E-state index in [1.165, 1.54) is 0 Å². The van der Waals surface area contributed by atoms with Gasteiger partial charge in [0.1, 0.15) is 5.60 Å². The van der Waals surface area contributed by atoms with Gasteiger partial charge < -0.3 is 4.74 Å². The molecular weight excluding hydrogens is 244 g/mol. The number of esters is 1. The maximum Gasteiger partial charge on any atom is 0.339 e. The van der Waals surface area contributed by atoms with Gasteiger partial charge in [-0.15, -0.1) is 11.3 Å². The molecule has 94 valence electrons. The van der Waals surface area contributed by atoms with E-state index in [1.807, 2.05) is 62.5 Å². The molecule has 2 rings (SSSR count). The largest absolute Gasteiger partial charge is 0.456 e. The summed E-state index contributed by atoms with van der Waals surface area (Å²) in [5.74, 6) is -0.272. The summed E-state index contributed by atoms with van der Waals surface area (Å²) in [4.78, 5) is 13.2. The lowest BCUT2D eigenvalue weighted by atomic mass is 10.1. The molecule has 0 spiro atoms. The van der Waals surface area contributed by atoms with Crippen molar-refractivity contribution < 1.29 is 9.53 Å². The van der Waals surface area contributed by atoms with Crippen LogP contribution in [-0.4, -0.2) is 11.6 Å². The average molecular weight is 260 g/mol. The van der Waals surface area contributed by atoms with Gasteiger partial charge in [-0.2, -0.15) is 0 Å². The minimum atomic E-state index is -0.473. The number of hydrogen-bond donors (Lipinski definition) is 0. The Hall–Kier alpha value is -1.61. The highest BCUT2D eigenvalue weighted by Gasteiger charge is 2.20. The predicted molar refractivity (Wildman–Crippen MR) is 74.9 cm³/mol. The number of benzene rings is 1. The zero-order chi connectivity index (χ0) is 13.2. The van der Waals surface area contributed by atoms with Gasteiger partial charge in [0.25, 0.3) is 0 Å². The zero-order valence-electron chi connectivity index (χ0n) is 10.8. The number of thiophene rings is 1. The van der Waals surface area contributed by atoms with Gasteiger partial charge in [0.2, 0.25) is 0 Å². The van der Waals surface area contributed by atoms with Crippen LogP contribution in [0.5, 0.6) is 0 Å². The second-order valence-electron chi connectivity index (χ2n) is 5.02. The molecule has 0 unspecified atom stereocenters. The van der Waals surface area contributed by atoms with E-state index in [9.17, 15) is 4.79 Å². The standard InChI is InChI=1S/C15H16O2S/c1-15(2,3)17-14(16)12-8-5-4-7-11(12)13-9-6-10-18-13/h4-10H,1-3H3. The van der Waals surface area contributed by atoms with Crippen molar-refractivity contribution in [3.05, 3.63) is 47.3 Å². The summed E-state index contributed by atoms with van der Waals surface area (Å²) < 4.78 is 5.43. The Balaban J connectivity index is 2.37. The maximum atomic E-state index is 12.2. The first-order chi connectivity index (χ1) is 8.47. The molecule has 1 aromatic heterocycles. The topological polar surface area (TPSA) is 26.3 Å². The van der Waals surface area contributed by atoms with Crippen LogP contribution in [0, 0.1) is 0 Å². The fraction of sp³-hybridized carbons (Fsp3) is 0.267. The molecule has 0 N–H and O–H groups in total. The Morgan fingerprint density at radius 2 is 1.83 bits per heavy atom. The molecule has 0 saturated carbocycles. The average Bonchev–Trinajstić information content (AvgIpc) is 2.80. The van der Waals surface area contributed by atoms with Gasteiger partial charge in [0.15, 0.2) is 0 Å². The fourth-order valence-electron chi connectivity index (χ4n) is 1.64. The zero-order valence-corrected chi connectivity index (χ0v) is 11.6. The molecule has 2 aromatic rings. The van der Waals surface area contributed by atoms with Crippen LogP contribution in [-0.2, 0) is 4.74 Å². The van der Waals surface area contributed by atoms with E-state index >= 15 is 0 Å². The van der Waals surface area contributed by atoms with Crippen molar-refractivity contribution in [2.75, 3.05) is 0 Å². The van der Waals surface area contributed by atoms with Crippen LogP contribution < -0.4 is 0 Å². The lowest BCUT2D eigenvalue weighted by Gasteiger charge is -2.20. The van der Waals surface area contributed by atoms with Gasteiger partial charge in [0, 0.05) is 10.4 Å². The first-order valence-electron chi connectivity index (χ1n) is 5.83. The molecule has 0 saturated heterocycles. The molecule has 2 nitrogen and oxygen atoms in total. The van der Waals surface area contributed by atoms with Crippen molar-refractivity contribution in [1.29, 1.82) is 0 Å². The highest BCUT2D eigenvalue weighted by molar-refractivity contribution is 7.13. The van der Waals surface area contributed by atoms with E-state index in [4.69, 9.17) is 4.74 Å². The molecule has 0 aliphatic heterocycles. The molecule has 1 aromatic carbocycles. The third-order valence-electron chi connectivity index (χ3n) is 2.33. The lowest BCUT2D eigenvalue weighted by molar-refractivity contribution is 0.00705. The third kappa shape index (κ3) is 2.99. The first kappa shape index (κ1) is 12.8. The summed E-state index contributed by atoms with van der Waals surface area (Å²) in [5.41, 5.74) is 1.08. The minimum Gasteiger partial charge on any atom is -0.456 e. The third-order valence-corrected chi connectivity index (χ3v) is 3.24. The molecule has 0 atom stereocenters. The van der Waals surface area contributed by atoms with Crippen molar-refractivity contribution in [1.82, 2.24) is 0 Å². The van der Waals surface area contributed by atoms with Crippen LogP contribution in [0.3, 0.4) is 0 Å². The number of rotatable bonds is 2. The van der Waals surface area contributed by atoms with Crippen LogP contribution in [0.15, 0.2) is 41.8 Å². The van der Waals surface area contributed by atoms with E-state index in [0.29, 0.717) is 5.56 Å². The van der Waals surface area contributed by atoms with Gasteiger partial charge in [-0.1, -0.05) is 24.3 Å². The second kappa shape index (κ2) is 4.94. The Kier molecular flexibility index (Phi) is 3.53. The van der Waals surface area contributed by atoms with Gasteiger partial charge in [-0.25, -0.2) is 4.79 Å². The van der Waals surface area contributed by atoms with Crippen LogP contribution in [0.25, 0.3) is 10.4 Å². The molecule has 0 amide bonds. The van der Waals surface area contributed by atoms with Crippen molar-refractivity contribution >= 4 is 17.3 Å². The SMILES string of the molecule is CC(C)(C)OC(=O)c1ccccc1-c1cccs1. The predicted octanol–water partition coefficient (Wildman–Crippen LogP) is 4.37. The summed E-state index contributed by atoms with van der Waals surface area (Å²) >= 11 is 1.62. The minimum absolute atomic E-state index is 0.272. The van der Waals surface area contributed by atoms with Crippen molar-refractivity contribution in [3.63, 3.8) is 0 Å². The highest BCUT2D eigenvalue weighted by Crippen LogP contribution is 2.29. The molecule has 1 heterocycles. The molecule has 3 heteroatoms. The number of ether oxygens (including phenoxy) is 1. The van der Waals surface area contributed by atoms with E-state index in [2.05, 4.69) is 0 Å². The van der Waals surface area contributed by atoms with E-state index in [1.54, 1.807) is 11.3 Å². The van der Waals surface area contributed by atoms with Crippen molar-refractivity contribution in [2.45, 2.75) is 26.4 Å². The Morgan fingerprint density at radius 3 is 2.44 bits per heavy atom. The number of carbonyl (C=O) groups is 1. The Bertz CT molecular complexity index is 536. The summed E-state index contributed by atoms with van der Waals surface area (Å²) in [6.45, 7) is 5.62. The molecule has 0 radical (unpaired) electrons. The molecule has 18 heavy (non-hydrogen) atoms. The highest BCUT2D eigenvalue weighted by atomic mass is 32.1. The smallest absolute Gasteiger partial charge is 0.339 e. The first-order valence-corrected chi connectivity index (χ1v) is 6.71. The molecular formula is C15H16O2S. The van der Waals surface area contributed by atoms with Crippen molar-refractivity contribution in [3.8, 4) is 10.4 Å². The van der Waals surface area contributed by atoms with Crippen LogP contribution in [0.1, 0.15) is 31.1 Å².